The number of carbonyl (C=O) groups excluding carboxylic acids is 1. The average molecular weight is 353 g/mol. The quantitative estimate of drug-likeness (QED) is 0.717. The second-order valence-corrected chi connectivity index (χ2v) is 6.45. The molecule has 0 radical (unpaired) electrons. The van der Waals surface area contributed by atoms with E-state index in [9.17, 15) is 9.59 Å². The number of imidazole rings is 1. The van der Waals surface area contributed by atoms with Gasteiger partial charge in [0, 0.05) is 19.0 Å². The number of aryl methyl sites for hydroxylation is 1. The van der Waals surface area contributed by atoms with Gasteiger partial charge in [-0.25, -0.2) is 9.78 Å². The highest BCUT2D eigenvalue weighted by Crippen LogP contribution is 2.19. The van der Waals surface area contributed by atoms with Crippen LogP contribution in [0.5, 0.6) is 5.75 Å². The lowest BCUT2D eigenvalue weighted by atomic mass is 10.3. The lowest BCUT2D eigenvalue weighted by Gasteiger charge is -2.17. The fourth-order valence-corrected chi connectivity index (χ4v) is 3.27. The highest BCUT2D eigenvalue weighted by Gasteiger charge is 2.28. The number of benzene rings is 1. The SMILES string of the molecule is Cc1cc(OC2CCN(C(=O)Cn3cnc4ccccc43)C2)cc(=O)o1. The molecule has 2 aromatic heterocycles. The predicted octanol–water partition coefficient (Wildman–Crippen LogP) is 1.98. The molecule has 0 aliphatic carbocycles. The number of rotatable bonds is 4. The Morgan fingerprint density at radius 2 is 2.19 bits per heavy atom. The van der Waals surface area contributed by atoms with Crippen LogP contribution in [-0.4, -0.2) is 39.6 Å². The van der Waals surface area contributed by atoms with Gasteiger partial charge in [0.05, 0.1) is 30.0 Å². The van der Waals surface area contributed by atoms with Crippen molar-refractivity contribution in [3.8, 4) is 5.75 Å². The summed E-state index contributed by atoms with van der Waals surface area (Å²) in [6.07, 6.45) is 2.30. The van der Waals surface area contributed by atoms with Crippen LogP contribution >= 0.6 is 0 Å². The van der Waals surface area contributed by atoms with Crippen molar-refractivity contribution in [3.63, 3.8) is 0 Å². The third-order valence-electron chi connectivity index (χ3n) is 4.50. The van der Waals surface area contributed by atoms with E-state index in [4.69, 9.17) is 9.15 Å². The standard InChI is InChI=1S/C19H19N3O4/c1-13-8-15(9-19(24)25-13)26-14-6-7-21(10-14)18(23)11-22-12-20-16-4-2-3-5-17(16)22/h2-5,8-9,12,14H,6-7,10-11H2,1H3. The number of fused-ring (bicyclic) bond motifs is 1. The van der Waals surface area contributed by atoms with Crippen molar-refractivity contribution in [3.05, 3.63) is 58.9 Å². The van der Waals surface area contributed by atoms with Gasteiger partial charge in [0.1, 0.15) is 24.2 Å². The Hall–Kier alpha value is -3.09. The molecule has 1 aromatic carbocycles. The van der Waals surface area contributed by atoms with Crippen molar-refractivity contribution in [2.75, 3.05) is 13.1 Å². The van der Waals surface area contributed by atoms with Gasteiger partial charge in [-0.15, -0.1) is 0 Å². The van der Waals surface area contributed by atoms with Gasteiger partial charge in [-0.2, -0.15) is 0 Å². The molecule has 26 heavy (non-hydrogen) atoms. The maximum atomic E-state index is 12.6. The first-order valence-corrected chi connectivity index (χ1v) is 8.54. The van der Waals surface area contributed by atoms with Gasteiger partial charge in [-0.3, -0.25) is 4.79 Å². The van der Waals surface area contributed by atoms with Crippen LogP contribution in [0.25, 0.3) is 11.0 Å². The van der Waals surface area contributed by atoms with Crippen molar-refractivity contribution in [2.45, 2.75) is 26.0 Å². The molecule has 1 aliphatic rings. The summed E-state index contributed by atoms with van der Waals surface area (Å²) in [5.74, 6) is 1.02. The molecule has 0 N–H and O–H groups in total. The van der Waals surface area contributed by atoms with E-state index in [0.29, 0.717) is 24.6 Å². The number of aromatic nitrogens is 2. The van der Waals surface area contributed by atoms with Crippen LogP contribution < -0.4 is 10.4 Å². The summed E-state index contributed by atoms with van der Waals surface area (Å²) >= 11 is 0. The molecular formula is C19H19N3O4. The summed E-state index contributed by atoms with van der Waals surface area (Å²) in [5, 5.41) is 0. The zero-order chi connectivity index (χ0) is 18.1. The fraction of sp³-hybridized carbons (Fsp3) is 0.316. The molecule has 1 aliphatic heterocycles. The second-order valence-electron chi connectivity index (χ2n) is 6.45. The zero-order valence-electron chi connectivity index (χ0n) is 14.4. The van der Waals surface area contributed by atoms with Crippen LogP contribution in [0.1, 0.15) is 12.2 Å². The molecule has 1 atom stereocenters. The zero-order valence-corrected chi connectivity index (χ0v) is 14.4. The van der Waals surface area contributed by atoms with Gasteiger partial charge in [0.2, 0.25) is 5.91 Å². The molecule has 1 saturated heterocycles. The topological polar surface area (TPSA) is 77.6 Å². The molecule has 1 unspecified atom stereocenters. The number of hydrogen-bond acceptors (Lipinski definition) is 5. The van der Waals surface area contributed by atoms with Crippen LogP contribution in [0.15, 0.2) is 51.9 Å². The Morgan fingerprint density at radius 1 is 1.35 bits per heavy atom. The Morgan fingerprint density at radius 3 is 3.04 bits per heavy atom. The minimum atomic E-state index is -0.432. The summed E-state index contributed by atoms with van der Waals surface area (Å²) in [6.45, 7) is 3.09. The normalized spacial score (nSPS) is 17.0. The number of ether oxygens (including phenoxy) is 1. The van der Waals surface area contributed by atoms with E-state index >= 15 is 0 Å². The van der Waals surface area contributed by atoms with Crippen LogP contribution in [-0.2, 0) is 11.3 Å². The molecule has 0 spiro atoms. The molecular weight excluding hydrogens is 334 g/mol. The van der Waals surface area contributed by atoms with Gasteiger partial charge in [-0.1, -0.05) is 12.1 Å². The van der Waals surface area contributed by atoms with Crippen molar-refractivity contribution >= 4 is 16.9 Å². The number of hydrogen-bond donors (Lipinski definition) is 0. The molecule has 7 heteroatoms. The summed E-state index contributed by atoms with van der Waals surface area (Å²) in [7, 11) is 0. The second kappa shape index (κ2) is 6.67. The number of carbonyl (C=O) groups is 1. The molecule has 3 aromatic rings. The van der Waals surface area contributed by atoms with E-state index < -0.39 is 5.63 Å². The lowest BCUT2D eigenvalue weighted by molar-refractivity contribution is -0.131. The van der Waals surface area contributed by atoms with E-state index in [1.165, 1.54) is 6.07 Å². The smallest absolute Gasteiger partial charge is 0.339 e. The summed E-state index contributed by atoms with van der Waals surface area (Å²) in [4.78, 5) is 30.1. The molecule has 0 bridgehead atoms. The van der Waals surface area contributed by atoms with E-state index in [0.717, 1.165) is 17.5 Å². The van der Waals surface area contributed by atoms with Crippen LogP contribution in [0.3, 0.4) is 0 Å². The van der Waals surface area contributed by atoms with Crippen LogP contribution in [0, 0.1) is 6.92 Å². The third kappa shape index (κ3) is 3.33. The fourth-order valence-electron chi connectivity index (χ4n) is 3.27. The largest absolute Gasteiger partial charge is 0.488 e. The maximum absolute atomic E-state index is 12.6. The van der Waals surface area contributed by atoms with Crippen molar-refractivity contribution in [2.24, 2.45) is 0 Å². The minimum absolute atomic E-state index is 0.0306. The Labute approximate surface area is 149 Å². The number of para-hydroxylation sites is 2. The third-order valence-corrected chi connectivity index (χ3v) is 4.50. The van der Waals surface area contributed by atoms with Gasteiger partial charge in [0.25, 0.3) is 0 Å². The Balaban J connectivity index is 1.40. The Kier molecular flexibility index (Phi) is 4.20. The number of nitrogens with zero attached hydrogens (tertiary/aromatic N) is 3. The maximum Gasteiger partial charge on any atom is 0.339 e. The van der Waals surface area contributed by atoms with Crippen molar-refractivity contribution in [1.82, 2.24) is 14.5 Å². The lowest BCUT2D eigenvalue weighted by Crippen LogP contribution is -2.33. The van der Waals surface area contributed by atoms with Gasteiger partial charge < -0.3 is 18.6 Å². The van der Waals surface area contributed by atoms with E-state index in [2.05, 4.69) is 4.98 Å². The van der Waals surface area contributed by atoms with Gasteiger partial charge in [0.15, 0.2) is 0 Å². The molecule has 1 amide bonds. The molecule has 1 fully saturated rings. The van der Waals surface area contributed by atoms with Crippen LogP contribution in [0.4, 0.5) is 0 Å². The Bertz CT molecular complexity index is 1010. The van der Waals surface area contributed by atoms with Crippen LogP contribution in [0.2, 0.25) is 0 Å². The van der Waals surface area contributed by atoms with Gasteiger partial charge in [-0.05, 0) is 19.1 Å². The highest BCUT2D eigenvalue weighted by atomic mass is 16.5. The molecule has 7 nitrogen and oxygen atoms in total. The summed E-state index contributed by atoms with van der Waals surface area (Å²) in [6, 6.07) is 10.8. The first-order chi connectivity index (χ1) is 12.6. The van der Waals surface area contributed by atoms with Crippen molar-refractivity contribution in [1.29, 1.82) is 0 Å². The molecule has 0 saturated carbocycles. The van der Waals surface area contributed by atoms with Gasteiger partial charge >= 0.3 is 5.63 Å². The monoisotopic (exact) mass is 353 g/mol. The van der Waals surface area contributed by atoms with E-state index in [1.807, 2.05) is 28.8 Å². The number of likely N-dealkylation sites (tertiary alicyclic amines) is 1. The number of amides is 1. The highest BCUT2D eigenvalue weighted by molar-refractivity contribution is 5.80. The predicted molar refractivity (Wildman–Crippen MR) is 95.1 cm³/mol. The van der Waals surface area contributed by atoms with E-state index in [1.54, 1.807) is 24.2 Å². The first kappa shape index (κ1) is 16.4. The van der Waals surface area contributed by atoms with E-state index in [-0.39, 0.29) is 18.6 Å². The summed E-state index contributed by atoms with van der Waals surface area (Å²) < 4.78 is 12.6. The first-order valence-electron chi connectivity index (χ1n) is 8.54. The molecule has 3 heterocycles. The van der Waals surface area contributed by atoms with Crippen molar-refractivity contribution < 1.29 is 13.9 Å². The summed E-state index contributed by atoms with van der Waals surface area (Å²) in [5.41, 5.74) is 1.39. The average Bonchev–Trinajstić information content (AvgIpc) is 3.22. The molecule has 4 rings (SSSR count). The molecule has 134 valence electrons. The minimum Gasteiger partial charge on any atom is -0.488 e.